The highest BCUT2D eigenvalue weighted by molar-refractivity contribution is 7.81. The Kier molecular flexibility index (Phi) is 26.7. The molecule has 0 radical (unpaired) electrons. The first-order valence-corrected chi connectivity index (χ1v) is 22.7. The topological polar surface area (TPSA) is 83.8 Å². The van der Waals surface area contributed by atoms with Crippen LogP contribution >= 0.6 is 0 Å². The minimum atomic E-state index is -4.64. The number of allylic oxidation sites excluding steroid dienone is 18. The average Bonchev–Trinajstić information content (AvgIpc) is 3.11. The van der Waals surface area contributed by atoms with Gasteiger partial charge in [0.1, 0.15) is 11.5 Å². The summed E-state index contributed by atoms with van der Waals surface area (Å²) in [4.78, 5) is 0. The average molecular weight is 803 g/mol. The lowest BCUT2D eigenvalue weighted by Gasteiger charge is -2.08. The van der Waals surface area contributed by atoms with Gasteiger partial charge in [0, 0.05) is 5.56 Å². The first-order valence-electron chi connectivity index (χ1n) is 21.3. The summed E-state index contributed by atoms with van der Waals surface area (Å²) in [6, 6.07) is 4.10. The molecule has 0 aromatic heterocycles. The Balaban J connectivity index is 2.31. The van der Waals surface area contributed by atoms with E-state index >= 15 is 0 Å². The third-order valence-corrected chi connectivity index (χ3v) is 10.6. The van der Waals surface area contributed by atoms with Gasteiger partial charge < -0.3 is 9.29 Å². The van der Waals surface area contributed by atoms with E-state index in [2.05, 4.69) is 115 Å². The van der Waals surface area contributed by atoms with Gasteiger partial charge in [0.25, 0.3) is 0 Å². The van der Waals surface area contributed by atoms with E-state index in [1.165, 1.54) is 75.6 Å². The van der Waals surface area contributed by atoms with Crippen molar-refractivity contribution in [3.05, 3.63) is 129 Å². The third kappa shape index (κ3) is 29.3. The lowest BCUT2D eigenvalue weighted by Crippen LogP contribution is -2.08. The van der Waals surface area contributed by atoms with Crippen molar-refractivity contribution in [2.24, 2.45) is 0 Å². The Morgan fingerprint density at radius 1 is 0.474 bits per heavy atom. The second kappa shape index (κ2) is 29.6. The van der Waals surface area contributed by atoms with Crippen LogP contribution in [0.1, 0.15) is 178 Å². The first kappa shape index (κ1) is 51.4. The van der Waals surface area contributed by atoms with E-state index in [1.54, 1.807) is 0 Å². The molecule has 0 aliphatic heterocycles. The van der Waals surface area contributed by atoms with E-state index in [-0.39, 0.29) is 11.5 Å². The lowest BCUT2D eigenvalue weighted by molar-refractivity contribution is 0.384. The molecule has 0 amide bonds. The van der Waals surface area contributed by atoms with E-state index in [0.29, 0.717) is 12.0 Å². The van der Waals surface area contributed by atoms with Crippen molar-refractivity contribution in [1.29, 1.82) is 0 Å². The molecule has 2 N–H and O–H groups in total. The molecule has 0 saturated heterocycles. The number of benzene rings is 1. The fourth-order valence-corrected chi connectivity index (χ4v) is 6.82. The molecular weight excluding hydrogens is 725 g/mol. The van der Waals surface area contributed by atoms with Gasteiger partial charge in [-0.2, -0.15) is 8.42 Å². The van der Waals surface area contributed by atoms with Gasteiger partial charge in [0.2, 0.25) is 0 Å². The van der Waals surface area contributed by atoms with Crippen LogP contribution in [0.3, 0.4) is 0 Å². The monoisotopic (exact) mass is 803 g/mol. The normalized spacial score (nSPS) is 14.4. The molecular formula is C51H78O5S. The minimum Gasteiger partial charge on any atom is -0.508 e. The molecule has 0 aliphatic rings. The molecule has 0 unspecified atom stereocenters. The van der Waals surface area contributed by atoms with Gasteiger partial charge in [-0.1, -0.05) is 105 Å². The minimum absolute atomic E-state index is 0.00696. The van der Waals surface area contributed by atoms with Crippen molar-refractivity contribution in [2.75, 3.05) is 0 Å². The zero-order valence-corrected chi connectivity index (χ0v) is 38.3. The van der Waals surface area contributed by atoms with Crippen molar-refractivity contribution in [3.63, 3.8) is 0 Å². The van der Waals surface area contributed by atoms with Crippen molar-refractivity contribution < 1.29 is 22.3 Å². The quantitative estimate of drug-likeness (QED) is 0.0651. The number of rotatable bonds is 28. The first-order chi connectivity index (χ1) is 26.9. The van der Waals surface area contributed by atoms with Gasteiger partial charge in [0.15, 0.2) is 0 Å². The maximum atomic E-state index is 11.2. The number of phenolic OH excluding ortho intramolecular Hbond substituents is 1. The third-order valence-electron chi connectivity index (χ3n) is 10.2. The van der Waals surface area contributed by atoms with Crippen LogP contribution in [0.5, 0.6) is 11.5 Å². The fourth-order valence-electron chi connectivity index (χ4n) is 6.43. The Bertz CT molecular complexity index is 1750. The maximum absolute atomic E-state index is 11.2. The molecule has 0 saturated carbocycles. The SMILES string of the molecule is CC(C)=CCC/C(C)=C/CC/C(C)=C/CC/C(C)=C/CC/C(C)=C/CC/C(C)=C/CC/C(C)=C/CC/C(C)=C/CC/C(C)=C/Cc1cc(O)ccc1OS(=O)(=O)O. The van der Waals surface area contributed by atoms with E-state index in [1.807, 2.05) is 13.0 Å². The van der Waals surface area contributed by atoms with Crippen LogP contribution in [-0.4, -0.2) is 18.1 Å². The van der Waals surface area contributed by atoms with Gasteiger partial charge in [0.05, 0.1) is 0 Å². The maximum Gasteiger partial charge on any atom is 0.446 e. The highest BCUT2D eigenvalue weighted by Gasteiger charge is 2.12. The second-order valence-electron chi connectivity index (χ2n) is 16.5. The molecule has 0 aliphatic carbocycles. The van der Waals surface area contributed by atoms with Crippen molar-refractivity contribution in [3.8, 4) is 11.5 Å². The zero-order valence-electron chi connectivity index (χ0n) is 37.5. The molecule has 0 bridgehead atoms. The molecule has 0 spiro atoms. The summed E-state index contributed by atoms with van der Waals surface area (Å²) in [6.07, 6.45) is 39.1. The molecule has 0 atom stereocenters. The van der Waals surface area contributed by atoms with Crippen molar-refractivity contribution in [1.82, 2.24) is 0 Å². The predicted octanol–water partition coefficient (Wildman–Crippen LogP) is 15.9. The Labute approximate surface area is 349 Å². The second-order valence-corrected chi connectivity index (χ2v) is 17.5. The van der Waals surface area contributed by atoms with Gasteiger partial charge in [-0.3, -0.25) is 4.55 Å². The van der Waals surface area contributed by atoms with Gasteiger partial charge in [-0.25, -0.2) is 0 Å². The molecule has 1 aromatic rings. The van der Waals surface area contributed by atoms with Crippen LogP contribution in [0.2, 0.25) is 0 Å². The van der Waals surface area contributed by atoms with Crippen LogP contribution in [-0.2, 0) is 16.8 Å². The predicted molar refractivity (Wildman–Crippen MR) is 247 cm³/mol. The van der Waals surface area contributed by atoms with E-state index in [9.17, 15) is 13.5 Å². The van der Waals surface area contributed by atoms with Gasteiger partial charge >= 0.3 is 10.4 Å². The van der Waals surface area contributed by atoms with Crippen molar-refractivity contribution in [2.45, 2.75) is 178 Å². The van der Waals surface area contributed by atoms with Crippen LogP contribution in [0.15, 0.2) is 123 Å². The molecule has 0 heterocycles. The number of phenols is 1. The molecule has 5 nitrogen and oxygen atoms in total. The van der Waals surface area contributed by atoms with Crippen molar-refractivity contribution >= 4 is 10.4 Å². The summed E-state index contributed by atoms with van der Waals surface area (Å²) >= 11 is 0. The summed E-state index contributed by atoms with van der Waals surface area (Å²) in [5, 5.41) is 9.80. The molecule has 0 fully saturated rings. The number of hydrogen-bond acceptors (Lipinski definition) is 4. The zero-order chi connectivity index (χ0) is 42.6. The highest BCUT2D eigenvalue weighted by Crippen LogP contribution is 2.26. The van der Waals surface area contributed by atoms with Crippen LogP contribution < -0.4 is 4.18 Å². The number of aromatic hydroxyl groups is 1. The van der Waals surface area contributed by atoms with Crippen LogP contribution in [0, 0.1) is 0 Å². The van der Waals surface area contributed by atoms with E-state index in [4.69, 9.17) is 4.55 Å². The van der Waals surface area contributed by atoms with E-state index < -0.39 is 10.4 Å². The Hall–Kier alpha value is -3.61. The molecule has 6 heteroatoms. The molecule has 57 heavy (non-hydrogen) atoms. The fraction of sp³-hybridized carbons (Fsp3) is 0.529. The largest absolute Gasteiger partial charge is 0.508 e. The summed E-state index contributed by atoms with van der Waals surface area (Å²) in [7, 11) is -4.64. The Morgan fingerprint density at radius 2 is 0.754 bits per heavy atom. The van der Waals surface area contributed by atoms with Gasteiger partial charge in [-0.05, 0) is 197 Å². The molecule has 1 rings (SSSR count). The van der Waals surface area contributed by atoms with Crippen LogP contribution in [0.4, 0.5) is 0 Å². The Morgan fingerprint density at radius 3 is 1.04 bits per heavy atom. The lowest BCUT2D eigenvalue weighted by atomic mass is 10.0. The molecule has 1 aromatic carbocycles. The smallest absolute Gasteiger partial charge is 0.446 e. The summed E-state index contributed by atoms with van der Waals surface area (Å²) < 4.78 is 36.0. The molecule has 318 valence electrons. The van der Waals surface area contributed by atoms with Crippen LogP contribution in [0.25, 0.3) is 0 Å². The highest BCUT2D eigenvalue weighted by atomic mass is 32.3. The summed E-state index contributed by atoms with van der Waals surface area (Å²) in [5.41, 5.74) is 13.4. The van der Waals surface area contributed by atoms with Gasteiger partial charge in [-0.15, -0.1) is 0 Å². The number of hydrogen-bond donors (Lipinski definition) is 2. The summed E-state index contributed by atoms with van der Waals surface area (Å²) in [6.45, 7) is 22.2. The summed E-state index contributed by atoms with van der Waals surface area (Å²) in [5.74, 6) is 0.0146. The van der Waals surface area contributed by atoms with E-state index in [0.717, 1.165) is 95.5 Å². The standard InChI is InChI=1S/C51H78O5S/c1-40(2)19-11-20-41(3)21-12-22-42(4)23-13-24-43(5)25-14-26-44(6)27-15-28-45(7)29-16-30-46(8)31-17-32-47(9)33-18-34-48(10)35-36-49-39-50(52)37-38-51(49)56-57(53,54)55/h19,21,23,25,27,29,31,33,35,37-39,52H,11-18,20,22,24,26,28,30,32,34,36H2,1-10H3,(H,53,54,55)/b41-21+,42-23+,43-25+,44-27+,45-29+,46-31+,47-33+,48-35+.